The number of hydrogen-bond donors (Lipinski definition) is 2. The van der Waals surface area contributed by atoms with E-state index in [9.17, 15) is 0 Å². The normalized spacial score (nSPS) is 13.4. The monoisotopic (exact) mass is 264 g/mol. The highest BCUT2D eigenvalue weighted by atomic mass is 35.5. The molecule has 1 heterocycles. The molecule has 0 aliphatic rings. The molecule has 0 radical (unpaired) electrons. The molecule has 15 heavy (non-hydrogen) atoms. The molecule has 86 valence electrons. The van der Waals surface area contributed by atoms with Crippen LogP contribution < -0.4 is 11.3 Å². The maximum Gasteiger partial charge on any atom is 0.0931 e. The first kappa shape index (κ1) is 13.3. The Morgan fingerprint density at radius 2 is 2.27 bits per heavy atom. The molecule has 0 aliphatic carbocycles. The highest BCUT2D eigenvalue weighted by molar-refractivity contribution is 7.99. The molecule has 1 aromatic heterocycles. The molecule has 0 bridgehead atoms. The standard InChI is InChI=1S/C10H17ClN2S2/c1-7(2)14-6-8(13-12)5-9-3-4-10(11)15-9/h3-4,7-8,13H,5-6,12H2,1-2H3. The van der Waals surface area contributed by atoms with Crippen molar-refractivity contribution >= 4 is 34.7 Å². The van der Waals surface area contributed by atoms with E-state index in [0.717, 1.165) is 16.5 Å². The van der Waals surface area contributed by atoms with Gasteiger partial charge in [0.2, 0.25) is 0 Å². The van der Waals surface area contributed by atoms with Gasteiger partial charge in [0.25, 0.3) is 0 Å². The molecule has 5 heteroatoms. The average molecular weight is 265 g/mol. The zero-order valence-corrected chi connectivity index (χ0v) is 11.4. The summed E-state index contributed by atoms with van der Waals surface area (Å²) in [5.74, 6) is 6.55. The maximum absolute atomic E-state index is 5.88. The van der Waals surface area contributed by atoms with Gasteiger partial charge in [0.15, 0.2) is 0 Å². The van der Waals surface area contributed by atoms with E-state index >= 15 is 0 Å². The van der Waals surface area contributed by atoms with Crippen LogP contribution in [0.15, 0.2) is 12.1 Å². The average Bonchev–Trinajstić information content (AvgIpc) is 2.58. The van der Waals surface area contributed by atoms with Gasteiger partial charge in [-0.05, 0) is 23.8 Å². The Labute approximate surface area is 105 Å². The molecule has 1 unspecified atom stereocenters. The number of thioether (sulfide) groups is 1. The van der Waals surface area contributed by atoms with E-state index < -0.39 is 0 Å². The second-order valence-electron chi connectivity index (χ2n) is 3.66. The SMILES string of the molecule is CC(C)SCC(Cc1ccc(Cl)s1)NN. The Morgan fingerprint density at radius 3 is 2.73 bits per heavy atom. The molecule has 1 aromatic rings. The van der Waals surface area contributed by atoms with Crippen molar-refractivity contribution in [3.8, 4) is 0 Å². The first-order valence-corrected chi connectivity index (χ1v) is 7.18. The van der Waals surface area contributed by atoms with Gasteiger partial charge in [-0.25, -0.2) is 0 Å². The lowest BCUT2D eigenvalue weighted by Gasteiger charge is -2.15. The molecular formula is C10H17ClN2S2. The van der Waals surface area contributed by atoms with Gasteiger partial charge in [-0.2, -0.15) is 11.8 Å². The number of halogens is 1. The zero-order valence-electron chi connectivity index (χ0n) is 9.00. The van der Waals surface area contributed by atoms with E-state index in [1.807, 2.05) is 17.8 Å². The van der Waals surface area contributed by atoms with Crippen molar-refractivity contribution < 1.29 is 0 Å². The molecule has 0 amide bonds. The molecular weight excluding hydrogens is 248 g/mol. The summed E-state index contributed by atoms with van der Waals surface area (Å²) in [6, 6.07) is 4.33. The van der Waals surface area contributed by atoms with Crippen LogP contribution in [0.3, 0.4) is 0 Å². The van der Waals surface area contributed by atoms with Gasteiger partial charge in [0, 0.05) is 16.7 Å². The van der Waals surface area contributed by atoms with E-state index in [4.69, 9.17) is 17.4 Å². The van der Waals surface area contributed by atoms with Gasteiger partial charge in [-0.3, -0.25) is 11.3 Å². The number of thiophene rings is 1. The van der Waals surface area contributed by atoms with Crippen molar-refractivity contribution in [1.82, 2.24) is 5.43 Å². The summed E-state index contributed by atoms with van der Waals surface area (Å²) in [5.41, 5.74) is 2.86. The molecule has 0 fully saturated rings. The van der Waals surface area contributed by atoms with Gasteiger partial charge >= 0.3 is 0 Å². The van der Waals surface area contributed by atoms with Crippen molar-refractivity contribution in [3.05, 3.63) is 21.3 Å². The number of nitrogens with two attached hydrogens (primary N) is 1. The second-order valence-corrected chi connectivity index (χ2v) is 7.06. The third-order valence-electron chi connectivity index (χ3n) is 1.94. The number of nitrogens with one attached hydrogen (secondary N) is 1. The van der Waals surface area contributed by atoms with Crippen LogP contribution in [-0.4, -0.2) is 17.0 Å². The van der Waals surface area contributed by atoms with E-state index in [1.54, 1.807) is 11.3 Å². The predicted molar refractivity (Wildman–Crippen MR) is 71.7 cm³/mol. The largest absolute Gasteiger partial charge is 0.271 e. The summed E-state index contributed by atoms with van der Waals surface area (Å²) < 4.78 is 0.845. The van der Waals surface area contributed by atoms with Crippen LogP contribution in [0.4, 0.5) is 0 Å². The molecule has 2 nitrogen and oxygen atoms in total. The summed E-state index contributed by atoms with van der Waals surface area (Å²) >= 11 is 9.42. The van der Waals surface area contributed by atoms with Crippen LogP contribution in [0, 0.1) is 0 Å². The van der Waals surface area contributed by atoms with Crippen LogP contribution in [0.1, 0.15) is 18.7 Å². The summed E-state index contributed by atoms with van der Waals surface area (Å²) in [6.45, 7) is 4.39. The highest BCUT2D eigenvalue weighted by Crippen LogP contribution is 2.23. The molecule has 0 aromatic carbocycles. The van der Waals surface area contributed by atoms with Crippen molar-refractivity contribution in [2.75, 3.05) is 5.75 Å². The van der Waals surface area contributed by atoms with Gasteiger partial charge in [0.1, 0.15) is 0 Å². The molecule has 0 saturated carbocycles. The number of rotatable bonds is 6. The summed E-state index contributed by atoms with van der Waals surface area (Å²) in [7, 11) is 0. The molecule has 0 aliphatic heterocycles. The number of hydrogen-bond acceptors (Lipinski definition) is 4. The fourth-order valence-corrected chi connectivity index (χ4v) is 3.18. The Kier molecular flexibility index (Phi) is 6.00. The molecule has 1 rings (SSSR count). The lowest BCUT2D eigenvalue weighted by Crippen LogP contribution is -2.38. The summed E-state index contributed by atoms with van der Waals surface area (Å²) in [4.78, 5) is 1.28. The first-order chi connectivity index (χ1) is 7.11. The second kappa shape index (κ2) is 6.76. The first-order valence-electron chi connectivity index (χ1n) is 4.93. The summed E-state index contributed by atoms with van der Waals surface area (Å²) in [6.07, 6.45) is 0.952. The molecule has 0 saturated heterocycles. The van der Waals surface area contributed by atoms with Gasteiger partial charge in [0.05, 0.1) is 4.34 Å². The minimum Gasteiger partial charge on any atom is -0.271 e. The van der Waals surface area contributed by atoms with E-state index in [2.05, 4.69) is 25.3 Å². The van der Waals surface area contributed by atoms with E-state index in [-0.39, 0.29) is 0 Å². The quantitative estimate of drug-likeness (QED) is 0.613. The maximum atomic E-state index is 5.88. The lowest BCUT2D eigenvalue weighted by molar-refractivity contribution is 0.579. The summed E-state index contributed by atoms with van der Waals surface area (Å²) in [5, 5.41) is 0.646. The van der Waals surface area contributed by atoms with E-state index in [0.29, 0.717) is 11.3 Å². The molecule has 3 N–H and O–H groups in total. The van der Waals surface area contributed by atoms with Crippen LogP contribution in [0.25, 0.3) is 0 Å². The molecule has 1 atom stereocenters. The minimum atomic E-state index is 0.326. The van der Waals surface area contributed by atoms with Crippen molar-refractivity contribution in [1.29, 1.82) is 0 Å². The fourth-order valence-electron chi connectivity index (χ4n) is 1.18. The minimum absolute atomic E-state index is 0.326. The van der Waals surface area contributed by atoms with Crippen LogP contribution in [-0.2, 0) is 6.42 Å². The lowest BCUT2D eigenvalue weighted by atomic mass is 10.2. The fraction of sp³-hybridized carbons (Fsp3) is 0.600. The third-order valence-corrected chi connectivity index (χ3v) is 4.46. The molecule has 0 spiro atoms. The van der Waals surface area contributed by atoms with Crippen molar-refractivity contribution in [2.24, 2.45) is 5.84 Å². The topological polar surface area (TPSA) is 38.0 Å². The Hall–Kier alpha value is 0.260. The Balaban J connectivity index is 2.39. The van der Waals surface area contributed by atoms with Gasteiger partial charge < -0.3 is 0 Å². The van der Waals surface area contributed by atoms with Crippen molar-refractivity contribution in [2.45, 2.75) is 31.6 Å². The predicted octanol–water partition coefficient (Wildman–Crippen LogP) is 2.92. The van der Waals surface area contributed by atoms with Gasteiger partial charge in [-0.15, -0.1) is 11.3 Å². The van der Waals surface area contributed by atoms with Crippen LogP contribution in [0.5, 0.6) is 0 Å². The van der Waals surface area contributed by atoms with Crippen LogP contribution in [0.2, 0.25) is 4.34 Å². The van der Waals surface area contributed by atoms with E-state index in [1.165, 1.54) is 4.88 Å². The zero-order chi connectivity index (χ0) is 11.3. The smallest absolute Gasteiger partial charge is 0.0931 e. The number of hydrazine groups is 1. The third kappa shape index (κ3) is 5.22. The van der Waals surface area contributed by atoms with Crippen LogP contribution >= 0.6 is 34.7 Å². The van der Waals surface area contributed by atoms with Gasteiger partial charge in [-0.1, -0.05) is 25.4 Å². The van der Waals surface area contributed by atoms with Crippen molar-refractivity contribution in [3.63, 3.8) is 0 Å². The Bertz CT molecular complexity index is 289. The Morgan fingerprint density at radius 1 is 1.53 bits per heavy atom. The highest BCUT2D eigenvalue weighted by Gasteiger charge is 2.10.